The Bertz CT molecular complexity index is 587. The number of anilines is 2. The summed E-state index contributed by atoms with van der Waals surface area (Å²) in [6.45, 7) is 6.40. The van der Waals surface area contributed by atoms with E-state index in [-0.39, 0.29) is 5.82 Å². The highest BCUT2D eigenvalue weighted by molar-refractivity contribution is 6.33. The zero-order chi connectivity index (χ0) is 15.2. The molecule has 0 unspecified atom stereocenters. The van der Waals surface area contributed by atoms with Crippen LogP contribution in [0.25, 0.3) is 0 Å². The van der Waals surface area contributed by atoms with Gasteiger partial charge in [-0.25, -0.2) is 9.37 Å². The molecule has 0 aliphatic rings. The average molecular weight is 308 g/mol. The van der Waals surface area contributed by atoms with Crippen LogP contribution < -0.4 is 10.2 Å². The summed E-state index contributed by atoms with van der Waals surface area (Å²) in [5, 5.41) is 3.83. The van der Waals surface area contributed by atoms with Gasteiger partial charge in [-0.2, -0.15) is 0 Å². The van der Waals surface area contributed by atoms with E-state index in [1.54, 1.807) is 12.1 Å². The third-order valence-electron chi connectivity index (χ3n) is 3.17. The minimum Gasteiger partial charge on any atom is -0.325 e. The van der Waals surface area contributed by atoms with Crippen LogP contribution in [0.4, 0.5) is 15.9 Å². The van der Waals surface area contributed by atoms with Gasteiger partial charge in [-0.1, -0.05) is 18.5 Å². The smallest absolute Gasteiger partial charge is 0.151 e. The molecule has 3 nitrogen and oxygen atoms in total. The van der Waals surface area contributed by atoms with E-state index in [0.717, 1.165) is 24.3 Å². The highest BCUT2D eigenvalue weighted by Gasteiger charge is 2.13. The predicted molar refractivity (Wildman–Crippen MR) is 85.7 cm³/mol. The van der Waals surface area contributed by atoms with Crippen molar-refractivity contribution < 1.29 is 4.39 Å². The summed E-state index contributed by atoms with van der Waals surface area (Å²) in [5.74, 6) is 0.431. The van der Waals surface area contributed by atoms with Gasteiger partial charge < -0.3 is 10.2 Å². The Morgan fingerprint density at radius 2 is 1.95 bits per heavy atom. The van der Waals surface area contributed by atoms with Crippen LogP contribution in [0.15, 0.2) is 36.5 Å². The van der Waals surface area contributed by atoms with Crippen molar-refractivity contribution in [2.24, 2.45) is 0 Å². The number of rotatable bonds is 6. The van der Waals surface area contributed by atoms with Crippen molar-refractivity contribution in [3.05, 3.63) is 52.9 Å². The number of pyridine rings is 1. The molecule has 0 spiro atoms. The molecule has 0 atom stereocenters. The summed E-state index contributed by atoms with van der Waals surface area (Å²) >= 11 is 6.36. The lowest BCUT2D eigenvalue weighted by Gasteiger charge is -2.23. The van der Waals surface area contributed by atoms with Crippen molar-refractivity contribution in [2.45, 2.75) is 20.4 Å². The molecule has 1 aromatic carbocycles. The van der Waals surface area contributed by atoms with Crippen molar-refractivity contribution in [3.63, 3.8) is 0 Å². The van der Waals surface area contributed by atoms with E-state index < -0.39 is 0 Å². The highest BCUT2D eigenvalue weighted by Crippen LogP contribution is 2.30. The number of hydrogen-bond donors (Lipinski definition) is 1. The second kappa shape index (κ2) is 7.38. The maximum atomic E-state index is 13.0. The molecule has 0 bridgehead atoms. The first-order chi connectivity index (χ1) is 10.2. The molecule has 5 heteroatoms. The SMILES string of the molecule is CCNCc1cnc(N(CC)c2ccc(F)cc2)c(Cl)c1. The van der Waals surface area contributed by atoms with Crippen molar-refractivity contribution >= 4 is 23.1 Å². The largest absolute Gasteiger partial charge is 0.325 e. The van der Waals surface area contributed by atoms with Crippen molar-refractivity contribution in [2.75, 3.05) is 18.0 Å². The molecular weight excluding hydrogens is 289 g/mol. The molecule has 0 fully saturated rings. The summed E-state index contributed by atoms with van der Waals surface area (Å²) in [5.41, 5.74) is 1.91. The van der Waals surface area contributed by atoms with E-state index in [0.29, 0.717) is 17.4 Å². The van der Waals surface area contributed by atoms with Crippen LogP contribution in [0.5, 0.6) is 0 Å². The van der Waals surface area contributed by atoms with Gasteiger partial charge in [-0.15, -0.1) is 0 Å². The van der Waals surface area contributed by atoms with Crippen LogP contribution in [0, 0.1) is 5.82 Å². The average Bonchev–Trinajstić information content (AvgIpc) is 2.49. The first kappa shape index (κ1) is 15.7. The Labute approximate surface area is 129 Å². The maximum Gasteiger partial charge on any atom is 0.151 e. The van der Waals surface area contributed by atoms with Gasteiger partial charge in [-0.3, -0.25) is 0 Å². The molecule has 0 amide bonds. The molecule has 112 valence electrons. The van der Waals surface area contributed by atoms with Crippen molar-refractivity contribution in [1.82, 2.24) is 10.3 Å². The molecule has 0 saturated carbocycles. The lowest BCUT2D eigenvalue weighted by Crippen LogP contribution is -2.18. The van der Waals surface area contributed by atoms with Gasteiger partial charge in [0.05, 0.1) is 5.02 Å². The van der Waals surface area contributed by atoms with Crippen molar-refractivity contribution in [1.29, 1.82) is 0 Å². The summed E-state index contributed by atoms with van der Waals surface area (Å²) in [7, 11) is 0. The van der Waals surface area contributed by atoms with Crippen LogP contribution in [0.2, 0.25) is 5.02 Å². The molecule has 1 N–H and O–H groups in total. The standard InChI is InChI=1S/C16H19ClFN3/c1-3-19-10-12-9-15(17)16(20-11-12)21(4-2)14-7-5-13(18)6-8-14/h5-9,11,19H,3-4,10H2,1-2H3. The van der Waals surface area contributed by atoms with E-state index in [1.165, 1.54) is 12.1 Å². The lowest BCUT2D eigenvalue weighted by atomic mass is 10.2. The highest BCUT2D eigenvalue weighted by atomic mass is 35.5. The van der Waals surface area contributed by atoms with E-state index in [9.17, 15) is 4.39 Å². The van der Waals surface area contributed by atoms with E-state index >= 15 is 0 Å². The quantitative estimate of drug-likeness (QED) is 0.869. The summed E-state index contributed by atoms with van der Waals surface area (Å²) < 4.78 is 13.0. The molecule has 21 heavy (non-hydrogen) atoms. The lowest BCUT2D eigenvalue weighted by molar-refractivity contribution is 0.628. The summed E-state index contributed by atoms with van der Waals surface area (Å²) in [4.78, 5) is 6.42. The zero-order valence-corrected chi connectivity index (χ0v) is 13.0. The normalized spacial score (nSPS) is 10.7. The van der Waals surface area contributed by atoms with E-state index in [2.05, 4.69) is 17.2 Å². The molecule has 0 radical (unpaired) electrons. The topological polar surface area (TPSA) is 28.2 Å². The fourth-order valence-electron chi connectivity index (χ4n) is 2.11. The molecular formula is C16H19ClFN3. The Morgan fingerprint density at radius 1 is 1.24 bits per heavy atom. The van der Waals surface area contributed by atoms with E-state index in [1.807, 2.05) is 24.1 Å². The molecule has 2 aromatic rings. The summed E-state index contributed by atoms with van der Waals surface area (Å²) in [6, 6.07) is 8.24. The minimum atomic E-state index is -0.255. The fourth-order valence-corrected chi connectivity index (χ4v) is 2.40. The molecule has 2 rings (SSSR count). The van der Waals surface area contributed by atoms with Gasteiger partial charge in [0.2, 0.25) is 0 Å². The van der Waals surface area contributed by atoms with Crippen LogP contribution in [-0.4, -0.2) is 18.1 Å². The Hall–Kier alpha value is -1.65. The number of hydrogen-bond acceptors (Lipinski definition) is 3. The Balaban J connectivity index is 2.27. The van der Waals surface area contributed by atoms with Gasteiger partial charge in [-0.05, 0) is 49.4 Å². The fraction of sp³-hybridized carbons (Fsp3) is 0.312. The molecule has 1 heterocycles. The molecule has 0 aliphatic carbocycles. The van der Waals surface area contributed by atoms with Gasteiger partial charge in [0.15, 0.2) is 5.82 Å². The van der Waals surface area contributed by atoms with Crippen LogP contribution in [-0.2, 0) is 6.54 Å². The van der Waals surface area contributed by atoms with Crippen LogP contribution in [0.1, 0.15) is 19.4 Å². The third-order valence-corrected chi connectivity index (χ3v) is 3.45. The minimum absolute atomic E-state index is 0.255. The van der Waals surface area contributed by atoms with Crippen LogP contribution >= 0.6 is 11.6 Å². The van der Waals surface area contributed by atoms with Crippen LogP contribution in [0.3, 0.4) is 0 Å². The van der Waals surface area contributed by atoms with E-state index in [4.69, 9.17) is 11.6 Å². The van der Waals surface area contributed by atoms with Crippen molar-refractivity contribution in [3.8, 4) is 0 Å². The summed E-state index contributed by atoms with van der Waals surface area (Å²) in [6.07, 6.45) is 1.82. The number of halogens is 2. The van der Waals surface area contributed by atoms with Gasteiger partial charge in [0.1, 0.15) is 5.82 Å². The Morgan fingerprint density at radius 3 is 2.52 bits per heavy atom. The third kappa shape index (κ3) is 3.93. The molecule has 0 saturated heterocycles. The maximum absolute atomic E-state index is 13.0. The number of aromatic nitrogens is 1. The van der Waals surface area contributed by atoms with Gasteiger partial charge in [0, 0.05) is 25.0 Å². The number of nitrogens with one attached hydrogen (secondary N) is 1. The van der Waals surface area contributed by atoms with Gasteiger partial charge >= 0.3 is 0 Å². The first-order valence-electron chi connectivity index (χ1n) is 7.04. The predicted octanol–water partition coefficient (Wildman–Crippen LogP) is 4.14. The second-order valence-corrected chi connectivity index (χ2v) is 5.06. The van der Waals surface area contributed by atoms with Gasteiger partial charge in [0.25, 0.3) is 0 Å². The Kier molecular flexibility index (Phi) is 5.53. The molecule has 0 aliphatic heterocycles. The zero-order valence-electron chi connectivity index (χ0n) is 12.2. The number of nitrogens with zero attached hydrogens (tertiary/aromatic N) is 2. The monoisotopic (exact) mass is 307 g/mol. The number of benzene rings is 1. The second-order valence-electron chi connectivity index (χ2n) is 4.65. The first-order valence-corrected chi connectivity index (χ1v) is 7.41. The molecule has 1 aromatic heterocycles.